The summed E-state index contributed by atoms with van der Waals surface area (Å²) in [5, 5.41) is 0.179. The molecule has 1 heterocycles. The van der Waals surface area contributed by atoms with Crippen LogP contribution in [0.2, 0.25) is 5.02 Å². The van der Waals surface area contributed by atoms with Gasteiger partial charge in [0.25, 0.3) is 0 Å². The quantitative estimate of drug-likeness (QED) is 0.847. The molecule has 3 nitrogen and oxygen atoms in total. The first kappa shape index (κ1) is 11.8. The van der Waals surface area contributed by atoms with Gasteiger partial charge in [0.1, 0.15) is 23.0 Å². The van der Waals surface area contributed by atoms with Gasteiger partial charge in [-0.3, -0.25) is 0 Å². The zero-order valence-electron chi connectivity index (χ0n) is 9.46. The Morgan fingerprint density at radius 3 is 2.59 bits per heavy atom. The summed E-state index contributed by atoms with van der Waals surface area (Å²) in [6.45, 7) is 3.63. The molecule has 1 aromatic heterocycles. The highest BCUT2D eigenvalue weighted by Crippen LogP contribution is 2.33. The summed E-state index contributed by atoms with van der Waals surface area (Å²) in [6, 6.07) is 3.31. The molecule has 0 saturated heterocycles. The van der Waals surface area contributed by atoms with Gasteiger partial charge < -0.3 is 5.73 Å². The third-order valence-corrected chi connectivity index (χ3v) is 2.86. The van der Waals surface area contributed by atoms with Crippen LogP contribution in [0.3, 0.4) is 0 Å². The first-order valence-corrected chi connectivity index (χ1v) is 5.41. The van der Waals surface area contributed by atoms with Crippen molar-refractivity contribution >= 4 is 17.4 Å². The zero-order chi connectivity index (χ0) is 12.6. The SMILES string of the molecule is Cc1cc(C)c(-c2ncnc(N)c2Cl)c(F)c1. The Bertz CT molecular complexity index is 561. The molecule has 0 atom stereocenters. The number of benzene rings is 1. The fraction of sp³-hybridized carbons (Fsp3) is 0.167. The van der Waals surface area contributed by atoms with Crippen LogP contribution in [0.5, 0.6) is 0 Å². The van der Waals surface area contributed by atoms with Crippen molar-refractivity contribution in [1.29, 1.82) is 0 Å². The van der Waals surface area contributed by atoms with E-state index in [1.54, 1.807) is 6.92 Å². The van der Waals surface area contributed by atoms with Gasteiger partial charge in [0.15, 0.2) is 0 Å². The zero-order valence-corrected chi connectivity index (χ0v) is 10.2. The second-order valence-corrected chi connectivity index (χ2v) is 4.24. The number of aryl methyl sites for hydroxylation is 2. The molecule has 2 rings (SSSR count). The molecule has 2 aromatic rings. The molecule has 5 heteroatoms. The number of hydrogen-bond acceptors (Lipinski definition) is 3. The van der Waals surface area contributed by atoms with E-state index >= 15 is 0 Å². The predicted molar refractivity (Wildman–Crippen MR) is 66.3 cm³/mol. The number of nitrogens with two attached hydrogens (primary N) is 1. The first-order valence-electron chi connectivity index (χ1n) is 5.03. The number of nitrogen functional groups attached to an aromatic ring is 1. The fourth-order valence-electron chi connectivity index (χ4n) is 1.77. The number of hydrogen-bond donors (Lipinski definition) is 1. The summed E-state index contributed by atoms with van der Waals surface area (Å²) >= 11 is 5.99. The van der Waals surface area contributed by atoms with Crippen molar-refractivity contribution in [2.75, 3.05) is 5.73 Å². The Balaban J connectivity index is 2.73. The standard InChI is InChI=1S/C12H11ClFN3/c1-6-3-7(2)9(8(14)4-6)11-10(13)12(15)17-5-16-11/h3-5H,1-2H3,(H2,15,16,17). The highest BCUT2D eigenvalue weighted by molar-refractivity contribution is 6.35. The van der Waals surface area contributed by atoms with Gasteiger partial charge in [-0.1, -0.05) is 17.7 Å². The molecule has 0 amide bonds. The second kappa shape index (κ2) is 4.30. The monoisotopic (exact) mass is 251 g/mol. The van der Waals surface area contributed by atoms with Gasteiger partial charge in [0.05, 0.1) is 5.69 Å². The number of rotatable bonds is 1. The van der Waals surface area contributed by atoms with Gasteiger partial charge in [0, 0.05) is 5.56 Å². The Morgan fingerprint density at radius 1 is 1.24 bits per heavy atom. The molecule has 2 N–H and O–H groups in total. The van der Waals surface area contributed by atoms with E-state index in [4.69, 9.17) is 17.3 Å². The van der Waals surface area contributed by atoms with Gasteiger partial charge >= 0.3 is 0 Å². The number of nitrogens with zero attached hydrogens (tertiary/aromatic N) is 2. The highest BCUT2D eigenvalue weighted by atomic mass is 35.5. The van der Waals surface area contributed by atoms with Gasteiger partial charge in [0.2, 0.25) is 0 Å². The molecule has 0 spiro atoms. The van der Waals surface area contributed by atoms with Crippen LogP contribution in [0.4, 0.5) is 10.2 Å². The smallest absolute Gasteiger partial charge is 0.146 e. The van der Waals surface area contributed by atoms with Crippen molar-refractivity contribution in [2.24, 2.45) is 0 Å². The van der Waals surface area contributed by atoms with E-state index in [1.165, 1.54) is 12.4 Å². The van der Waals surface area contributed by atoms with Crippen molar-refractivity contribution in [3.63, 3.8) is 0 Å². The third kappa shape index (κ3) is 2.08. The number of halogens is 2. The average molecular weight is 252 g/mol. The third-order valence-electron chi connectivity index (χ3n) is 2.48. The van der Waals surface area contributed by atoms with E-state index in [-0.39, 0.29) is 16.7 Å². The molecule has 0 unspecified atom stereocenters. The second-order valence-electron chi connectivity index (χ2n) is 3.86. The topological polar surface area (TPSA) is 51.8 Å². The van der Waals surface area contributed by atoms with Crippen molar-refractivity contribution in [2.45, 2.75) is 13.8 Å². The average Bonchev–Trinajstić information content (AvgIpc) is 2.23. The summed E-state index contributed by atoms with van der Waals surface area (Å²) in [5.74, 6) is -0.210. The lowest BCUT2D eigenvalue weighted by atomic mass is 10.0. The first-order chi connectivity index (χ1) is 8.00. The van der Waals surface area contributed by atoms with Gasteiger partial charge in [-0.05, 0) is 31.0 Å². The van der Waals surface area contributed by atoms with Crippen molar-refractivity contribution in [3.05, 3.63) is 40.4 Å². The Hall–Kier alpha value is -1.68. The minimum Gasteiger partial charge on any atom is -0.382 e. The maximum absolute atomic E-state index is 13.9. The number of anilines is 1. The van der Waals surface area contributed by atoms with Crippen LogP contribution in [0.25, 0.3) is 11.3 Å². The van der Waals surface area contributed by atoms with Crippen LogP contribution in [0.1, 0.15) is 11.1 Å². The van der Waals surface area contributed by atoms with E-state index in [1.807, 2.05) is 13.0 Å². The fourth-order valence-corrected chi connectivity index (χ4v) is 1.97. The molecule has 17 heavy (non-hydrogen) atoms. The van der Waals surface area contributed by atoms with E-state index in [0.29, 0.717) is 11.3 Å². The van der Waals surface area contributed by atoms with Gasteiger partial charge in [-0.15, -0.1) is 0 Å². The van der Waals surface area contributed by atoms with E-state index in [9.17, 15) is 4.39 Å². The summed E-state index contributed by atoms with van der Waals surface area (Å²) < 4.78 is 13.9. The van der Waals surface area contributed by atoms with Crippen LogP contribution < -0.4 is 5.73 Å². The van der Waals surface area contributed by atoms with Gasteiger partial charge in [-0.25, -0.2) is 14.4 Å². The minimum atomic E-state index is -0.359. The van der Waals surface area contributed by atoms with Crippen LogP contribution in [-0.4, -0.2) is 9.97 Å². The molecule has 0 fully saturated rings. The Kier molecular flexibility index (Phi) is 2.98. The summed E-state index contributed by atoms with van der Waals surface area (Å²) in [4.78, 5) is 7.75. The lowest BCUT2D eigenvalue weighted by Gasteiger charge is -2.10. The molecular weight excluding hydrogens is 241 g/mol. The van der Waals surface area contributed by atoms with E-state index in [2.05, 4.69) is 9.97 Å². The molecule has 88 valence electrons. The molecule has 0 aliphatic rings. The highest BCUT2D eigenvalue weighted by Gasteiger charge is 2.15. The maximum Gasteiger partial charge on any atom is 0.146 e. The van der Waals surface area contributed by atoms with Crippen LogP contribution in [0.15, 0.2) is 18.5 Å². The van der Waals surface area contributed by atoms with Crippen LogP contribution >= 0.6 is 11.6 Å². The van der Waals surface area contributed by atoms with E-state index in [0.717, 1.165) is 11.1 Å². The van der Waals surface area contributed by atoms with Crippen molar-refractivity contribution < 1.29 is 4.39 Å². The molecule has 0 aliphatic carbocycles. The molecule has 0 bridgehead atoms. The molecule has 1 aromatic carbocycles. The minimum absolute atomic E-state index is 0.149. The van der Waals surface area contributed by atoms with Crippen molar-refractivity contribution in [3.8, 4) is 11.3 Å². The molecule has 0 saturated carbocycles. The summed E-state index contributed by atoms with van der Waals surface area (Å²) in [6.07, 6.45) is 1.27. The van der Waals surface area contributed by atoms with Gasteiger partial charge in [-0.2, -0.15) is 0 Å². The Morgan fingerprint density at radius 2 is 1.94 bits per heavy atom. The normalized spacial score (nSPS) is 10.6. The van der Waals surface area contributed by atoms with E-state index < -0.39 is 0 Å². The summed E-state index contributed by atoms with van der Waals surface area (Å²) in [7, 11) is 0. The maximum atomic E-state index is 13.9. The summed E-state index contributed by atoms with van der Waals surface area (Å²) in [5.41, 5.74) is 7.90. The molecule has 0 aliphatic heterocycles. The van der Waals surface area contributed by atoms with Crippen molar-refractivity contribution in [1.82, 2.24) is 9.97 Å². The Labute approximate surface area is 103 Å². The molecule has 0 radical (unpaired) electrons. The van der Waals surface area contributed by atoms with Crippen LogP contribution in [-0.2, 0) is 0 Å². The lowest BCUT2D eigenvalue weighted by Crippen LogP contribution is -1.99. The molecular formula is C12H11ClFN3. The largest absolute Gasteiger partial charge is 0.382 e. The lowest BCUT2D eigenvalue weighted by molar-refractivity contribution is 0.628. The number of aromatic nitrogens is 2. The van der Waals surface area contributed by atoms with Crippen LogP contribution in [0, 0.1) is 19.7 Å². The predicted octanol–water partition coefficient (Wildman–Crippen LogP) is 3.14.